The van der Waals surface area contributed by atoms with E-state index in [0.29, 0.717) is 6.42 Å². The summed E-state index contributed by atoms with van der Waals surface area (Å²) in [5.41, 5.74) is 1.79. The molecule has 4 atom stereocenters. The molecule has 3 rings (SSSR count). The number of fused-ring (bicyclic) bond motifs is 1. The van der Waals surface area contributed by atoms with Gasteiger partial charge in [-0.25, -0.2) is 4.98 Å². The molecule has 1 heterocycles. The summed E-state index contributed by atoms with van der Waals surface area (Å²) in [6.07, 6.45) is 1.31. The van der Waals surface area contributed by atoms with E-state index in [2.05, 4.69) is 29.1 Å². The number of carboxylic acid groups (broad SMARTS) is 1. The Morgan fingerprint density at radius 1 is 1.39 bits per heavy atom. The van der Waals surface area contributed by atoms with E-state index in [-0.39, 0.29) is 17.9 Å². The fourth-order valence-corrected chi connectivity index (χ4v) is 2.85. The Hall–Kier alpha value is -2.37. The van der Waals surface area contributed by atoms with Crippen molar-refractivity contribution >= 4 is 22.9 Å². The van der Waals surface area contributed by atoms with Gasteiger partial charge in [-0.3, -0.25) is 9.59 Å². The smallest absolute Gasteiger partial charge is 0.307 e. The third-order valence-electron chi connectivity index (χ3n) is 4.66. The van der Waals surface area contributed by atoms with Crippen LogP contribution >= 0.6 is 0 Å². The third-order valence-corrected chi connectivity index (χ3v) is 4.66. The van der Waals surface area contributed by atoms with Crippen molar-refractivity contribution in [2.45, 2.75) is 32.7 Å². The summed E-state index contributed by atoms with van der Waals surface area (Å²) in [6.45, 7) is 4.11. The van der Waals surface area contributed by atoms with Gasteiger partial charge in [-0.1, -0.05) is 32.4 Å². The van der Waals surface area contributed by atoms with Gasteiger partial charge in [-0.15, -0.1) is 0 Å². The van der Waals surface area contributed by atoms with E-state index in [1.165, 1.54) is 0 Å². The Balaban J connectivity index is 1.81. The van der Waals surface area contributed by atoms with E-state index in [1.807, 2.05) is 24.3 Å². The van der Waals surface area contributed by atoms with Crippen molar-refractivity contribution in [2.75, 3.05) is 0 Å². The van der Waals surface area contributed by atoms with Crippen molar-refractivity contribution in [2.24, 2.45) is 17.8 Å². The second kappa shape index (κ2) is 6.02. The number of H-pyrrole nitrogens is 1. The normalized spacial score (nSPS) is 22.5. The van der Waals surface area contributed by atoms with E-state index >= 15 is 0 Å². The molecular weight excluding hydrogens is 294 g/mol. The zero-order chi connectivity index (χ0) is 16.6. The first-order chi connectivity index (χ1) is 11.0. The highest BCUT2D eigenvalue weighted by Gasteiger charge is 2.49. The van der Waals surface area contributed by atoms with Gasteiger partial charge >= 0.3 is 5.97 Å². The number of carbonyl (C=O) groups is 2. The van der Waals surface area contributed by atoms with Crippen LogP contribution in [0, 0.1) is 17.8 Å². The third kappa shape index (κ3) is 3.06. The molecule has 6 nitrogen and oxygen atoms in total. The summed E-state index contributed by atoms with van der Waals surface area (Å²) >= 11 is 0. The molecule has 1 saturated carbocycles. The predicted molar refractivity (Wildman–Crippen MR) is 85.7 cm³/mol. The molecule has 0 radical (unpaired) electrons. The van der Waals surface area contributed by atoms with Crippen molar-refractivity contribution in [3.05, 3.63) is 30.1 Å². The molecule has 0 aliphatic heterocycles. The Morgan fingerprint density at radius 2 is 2.13 bits per heavy atom. The number of nitrogens with zero attached hydrogens (tertiary/aromatic N) is 1. The number of imidazole rings is 1. The monoisotopic (exact) mass is 315 g/mol. The second-order valence-corrected chi connectivity index (χ2v) is 6.30. The van der Waals surface area contributed by atoms with Crippen LogP contribution in [0.15, 0.2) is 24.3 Å². The first-order valence-corrected chi connectivity index (χ1v) is 7.99. The maximum Gasteiger partial charge on any atom is 0.307 e. The van der Waals surface area contributed by atoms with Gasteiger partial charge in [-0.2, -0.15) is 0 Å². The first-order valence-electron chi connectivity index (χ1n) is 7.99. The highest BCUT2D eigenvalue weighted by Crippen LogP contribution is 2.39. The Labute approximate surface area is 134 Å². The number of hydrogen-bond donors (Lipinski definition) is 3. The van der Waals surface area contributed by atoms with E-state index in [0.717, 1.165) is 23.3 Å². The summed E-state index contributed by atoms with van der Waals surface area (Å²) < 4.78 is 0. The average Bonchev–Trinajstić information content (AvgIpc) is 3.24. The molecule has 6 heteroatoms. The maximum absolute atomic E-state index is 12.3. The minimum Gasteiger partial charge on any atom is -0.481 e. The number of amides is 1. The number of hydrogen-bond acceptors (Lipinski definition) is 3. The Morgan fingerprint density at radius 3 is 2.74 bits per heavy atom. The van der Waals surface area contributed by atoms with Crippen LogP contribution in [0.25, 0.3) is 11.0 Å². The lowest BCUT2D eigenvalue weighted by Crippen LogP contribution is -2.35. The predicted octanol–water partition coefficient (Wildman–Crippen LogP) is 2.49. The summed E-state index contributed by atoms with van der Waals surface area (Å²) in [5, 5.41) is 12.0. The molecule has 1 aromatic heterocycles. The maximum atomic E-state index is 12.3. The SMILES string of the molecule is CC[C@H](C)[C@H](NC(=O)[C@H]1C[C@@H]1C(=O)O)c1nc2ccccc2[nH]1. The molecule has 122 valence electrons. The number of benzene rings is 1. The molecule has 3 N–H and O–H groups in total. The van der Waals surface area contributed by atoms with Crippen molar-refractivity contribution in [3.63, 3.8) is 0 Å². The number of nitrogens with one attached hydrogen (secondary N) is 2. The van der Waals surface area contributed by atoms with Crippen LogP contribution in [0.5, 0.6) is 0 Å². The first kappa shape index (κ1) is 15.5. The average molecular weight is 315 g/mol. The van der Waals surface area contributed by atoms with Crippen LogP contribution in [0.2, 0.25) is 0 Å². The van der Waals surface area contributed by atoms with E-state index in [4.69, 9.17) is 5.11 Å². The van der Waals surface area contributed by atoms with Gasteiger partial charge in [-0.05, 0) is 24.5 Å². The topological polar surface area (TPSA) is 95.1 Å². The van der Waals surface area contributed by atoms with Gasteiger partial charge in [0.05, 0.1) is 28.9 Å². The number of para-hydroxylation sites is 2. The molecule has 23 heavy (non-hydrogen) atoms. The van der Waals surface area contributed by atoms with Crippen LogP contribution in [0.1, 0.15) is 38.6 Å². The summed E-state index contributed by atoms with van der Waals surface area (Å²) in [6, 6.07) is 7.48. The van der Waals surface area contributed by atoms with Crippen LogP contribution < -0.4 is 5.32 Å². The lowest BCUT2D eigenvalue weighted by atomic mass is 9.98. The number of aromatic amines is 1. The van der Waals surface area contributed by atoms with Gasteiger partial charge in [0.15, 0.2) is 0 Å². The van der Waals surface area contributed by atoms with Gasteiger partial charge < -0.3 is 15.4 Å². The molecule has 2 aromatic rings. The molecule has 1 aliphatic carbocycles. The Bertz CT molecular complexity index is 707. The van der Waals surface area contributed by atoms with Crippen LogP contribution in [-0.4, -0.2) is 27.0 Å². The molecule has 0 spiro atoms. The lowest BCUT2D eigenvalue weighted by molar-refractivity contribution is -0.140. The van der Waals surface area contributed by atoms with Crippen molar-refractivity contribution in [3.8, 4) is 0 Å². The molecule has 1 aromatic carbocycles. The number of aromatic nitrogens is 2. The van der Waals surface area contributed by atoms with E-state index in [9.17, 15) is 9.59 Å². The lowest BCUT2D eigenvalue weighted by Gasteiger charge is -2.22. The largest absolute Gasteiger partial charge is 0.481 e. The van der Waals surface area contributed by atoms with Crippen molar-refractivity contribution in [1.29, 1.82) is 0 Å². The minimum absolute atomic E-state index is 0.192. The zero-order valence-corrected chi connectivity index (χ0v) is 13.2. The van der Waals surface area contributed by atoms with Crippen LogP contribution in [-0.2, 0) is 9.59 Å². The highest BCUT2D eigenvalue weighted by atomic mass is 16.4. The van der Waals surface area contributed by atoms with Gasteiger partial charge in [0.2, 0.25) is 5.91 Å². The van der Waals surface area contributed by atoms with E-state index < -0.39 is 17.8 Å². The minimum atomic E-state index is -0.894. The van der Waals surface area contributed by atoms with Crippen molar-refractivity contribution < 1.29 is 14.7 Å². The Kier molecular flexibility index (Phi) is 4.07. The van der Waals surface area contributed by atoms with Gasteiger partial charge in [0, 0.05) is 0 Å². The molecule has 1 amide bonds. The van der Waals surface area contributed by atoms with Gasteiger partial charge in [0.1, 0.15) is 5.82 Å². The standard InChI is InChI=1S/C17H21N3O3/c1-3-9(2)14(20-16(21)10-8-11(10)17(22)23)15-18-12-6-4-5-7-13(12)19-15/h4-7,9-11,14H,3,8H2,1-2H3,(H,18,19)(H,20,21)(H,22,23)/t9-,10-,11-,14-/m0/s1. The quantitative estimate of drug-likeness (QED) is 0.763. The molecular formula is C17H21N3O3. The second-order valence-electron chi connectivity index (χ2n) is 6.30. The van der Waals surface area contributed by atoms with E-state index in [1.54, 1.807) is 0 Å². The summed E-state index contributed by atoms with van der Waals surface area (Å²) in [7, 11) is 0. The number of rotatable bonds is 6. The molecule has 0 bridgehead atoms. The number of carboxylic acids is 1. The van der Waals surface area contributed by atoms with Gasteiger partial charge in [0.25, 0.3) is 0 Å². The zero-order valence-electron chi connectivity index (χ0n) is 13.2. The van der Waals surface area contributed by atoms with Crippen molar-refractivity contribution in [1.82, 2.24) is 15.3 Å². The summed E-state index contributed by atoms with van der Waals surface area (Å²) in [5.74, 6) is -1.12. The van der Waals surface area contributed by atoms with Crippen LogP contribution in [0.3, 0.4) is 0 Å². The number of carbonyl (C=O) groups excluding carboxylic acids is 1. The van der Waals surface area contributed by atoms with Crippen LogP contribution in [0.4, 0.5) is 0 Å². The number of aliphatic carboxylic acids is 1. The highest BCUT2D eigenvalue weighted by molar-refractivity contribution is 5.89. The molecule has 1 fully saturated rings. The fraction of sp³-hybridized carbons (Fsp3) is 0.471. The molecule has 1 aliphatic rings. The molecule has 0 unspecified atom stereocenters. The molecule has 0 saturated heterocycles. The fourth-order valence-electron chi connectivity index (χ4n) is 2.85. The summed E-state index contributed by atoms with van der Waals surface area (Å²) in [4.78, 5) is 31.1.